The molecular weight excluding hydrogens is 480 g/mol. The van der Waals surface area contributed by atoms with Crippen molar-refractivity contribution in [3.8, 4) is 0 Å². The lowest BCUT2D eigenvalue weighted by Gasteiger charge is -2.38. The number of aromatic nitrogens is 1. The lowest BCUT2D eigenvalue weighted by atomic mass is 9.77. The number of ether oxygens (including phenoxy) is 3. The quantitative estimate of drug-likeness (QED) is 0.401. The van der Waals surface area contributed by atoms with Gasteiger partial charge in [0, 0.05) is 35.8 Å². The van der Waals surface area contributed by atoms with Crippen molar-refractivity contribution in [3.05, 3.63) is 93.0 Å². The molecule has 2 aliphatic heterocycles. The van der Waals surface area contributed by atoms with Crippen molar-refractivity contribution in [1.82, 2.24) is 10.3 Å². The largest absolute Gasteiger partial charge is 0.463 e. The van der Waals surface area contributed by atoms with Crippen LogP contribution in [0.4, 0.5) is 0 Å². The van der Waals surface area contributed by atoms with Crippen molar-refractivity contribution < 1.29 is 23.8 Å². The maximum Gasteiger partial charge on any atom is 0.337 e. The highest BCUT2D eigenvalue weighted by Crippen LogP contribution is 2.47. The van der Waals surface area contributed by atoms with Crippen LogP contribution in [0, 0.1) is 20.8 Å². The Balaban J connectivity index is 1.69. The van der Waals surface area contributed by atoms with Crippen LogP contribution in [0.3, 0.4) is 0 Å². The van der Waals surface area contributed by atoms with Gasteiger partial charge in [0.1, 0.15) is 6.10 Å². The number of hydrogen-bond donors (Lipinski definition) is 2. The zero-order valence-electron chi connectivity index (χ0n) is 22.6. The first kappa shape index (κ1) is 25.8. The molecular formula is C31H34N2O5. The van der Waals surface area contributed by atoms with E-state index < -0.39 is 24.0 Å². The van der Waals surface area contributed by atoms with Gasteiger partial charge in [0.15, 0.2) is 0 Å². The molecule has 2 atom stereocenters. The molecule has 2 aliphatic rings. The number of H-pyrrole nitrogens is 1. The molecule has 3 aromatic rings. The SMILES string of the molecule is CCOCC1=C(C(=O)OCC)C(c2cccc3[nH]ccc23)C2=C(CC(c3c(C)cc(C)cc3C)OC2=O)N1. The number of aromatic amines is 1. The molecule has 38 heavy (non-hydrogen) atoms. The Morgan fingerprint density at radius 2 is 1.84 bits per heavy atom. The van der Waals surface area contributed by atoms with Crippen molar-refractivity contribution in [1.29, 1.82) is 0 Å². The minimum Gasteiger partial charge on any atom is -0.463 e. The van der Waals surface area contributed by atoms with Crippen LogP contribution in [0.2, 0.25) is 0 Å². The highest BCUT2D eigenvalue weighted by Gasteiger charge is 2.44. The normalized spacial score (nSPS) is 19.3. The molecule has 2 N–H and O–H groups in total. The van der Waals surface area contributed by atoms with Crippen LogP contribution in [0.25, 0.3) is 10.9 Å². The first-order chi connectivity index (χ1) is 18.3. The van der Waals surface area contributed by atoms with E-state index in [0.717, 1.165) is 38.9 Å². The summed E-state index contributed by atoms with van der Waals surface area (Å²) in [6, 6.07) is 12.1. The van der Waals surface area contributed by atoms with Crippen LogP contribution in [0.1, 0.15) is 60.1 Å². The van der Waals surface area contributed by atoms with E-state index in [1.165, 1.54) is 5.56 Å². The number of carbonyl (C=O) groups excluding carboxylic acids is 2. The molecule has 0 bridgehead atoms. The van der Waals surface area contributed by atoms with Gasteiger partial charge in [-0.15, -0.1) is 0 Å². The third kappa shape index (κ3) is 4.52. The summed E-state index contributed by atoms with van der Waals surface area (Å²) in [6.07, 6.45) is 1.89. The van der Waals surface area contributed by atoms with Gasteiger partial charge in [-0.2, -0.15) is 0 Å². The molecule has 198 valence electrons. The van der Waals surface area contributed by atoms with Crippen molar-refractivity contribution in [3.63, 3.8) is 0 Å². The maximum atomic E-state index is 13.9. The predicted molar refractivity (Wildman–Crippen MR) is 145 cm³/mol. The summed E-state index contributed by atoms with van der Waals surface area (Å²) in [7, 11) is 0. The van der Waals surface area contributed by atoms with Crippen LogP contribution in [0.5, 0.6) is 0 Å². The van der Waals surface area contributed by atoms with Gasteiger partial charge < -0.3 is 24.5 Å². The number of dihydropyridines is 1. The summed E-state index contributed by atoms with van der Waals surface area (Å²) in [5.41, 5.74) is 8.33. The number of benzene rings is 2. The highest BCUT2D eigenvalue weighted by atomic mass is 16.5. The van der Waals surface area contributed by atoms with Crippen LogP contribution in [-0.2, 0) is 23.8 Å². The lowest BCUT2D eigenvalue weighted by Crippen LogP contribution is -2.39. The molecule has 2 aromatic carbocycles. The fraction of sp³-hybridized carbons (Fsp3) is 0.355. The summed E-state index contributed by atoms with van der Waals surface area (Å²) >= 11 is 0. The monoisotopic (exact) mass is 514 g/mol. The van der Waals surface area contributed by atoms with E-state index >= 15 is 0 Å². The number of aryl methyl sites for hydroxylation is 3. The third-order valence-corrected chi connectivity index (χ3v) is 7.33. The van der Waals surface area contributed by atoms with Crippen molar-refractivity contribution in [2.45, 2.75) is 53.1 Å². The van der Waals surface area contributed by atoms with Gasteiger partial charge in [0.2, 0.25) is 0 Å². The molecule has 1 aromatic heterocycles. The number of hydrogen-bond acceptors (Lipinski definition) is 6. The number of carbonyl (C=O) groups is 2. The van der Waals surface area contributed by atoms with Gasteiger partial charge >= 0.3 is 11.9 Å². The second kappa shape index (κ2) is 10.5. The smallest absolute Gasteiger partial charge is 0.337 e. The molecule has 3 heterocycles. The Labute approximate surface area is 222 Å². The fourth-order valence-corrected chi connectivity index (χ4v) is 5.93. The van der Waals surface area contributed by atoms with E-state index in [0.29, 0.717) is 29.9 Å². The second-order valence-corrected chi connectivity index (χ2v) is 9.90. The molecule has 0 spiro atoms. The van der Waals surface area contributed by atoms with E-state index in [2.05, 4.69) is 43.2 Å². The molecule has 7 nitrogen and oxygen atoms in total. The lowest BCUT2D eigenvalue weighted by molar-refractivity contribution is -0.147. The highest BCUT2D eigenvalue weighted by molar-refractivity contribution is 6.02. The predicted octanol–water partition coefficient (Wildman–Crippen LogP) is 5.58. The Morgan fingerprint density at radius 1 is 1.08 bits per heavy atom. The summed E-state index contributed by atoms with van der Waals surface area (Å²) in [4.78, 5) is 30.6. The summed E-state index contributed by atoms with van der Waals surface area (Å²) in [6.45, 7) is 10.7. The van der Waals surface area contributed by atoms with E-state index in [4.69, 9.17) is 14.2 Å². The first-order valence-electron chi connectivity index (χ1n) is 13.2. The summed E-state index contributed by atoms with van der Waals surface area (Å²) < 4.78 is 17.4. The van der Waals surface area contributed by atoms with E-state index in [1.807, 2.05) is 37.4 Å². The molecule has 0 amide bonds. The molecule has 7 heteroatoms. The molecule has 0 saturated carbocycles. The van der Waals surface area contributed by atoms with Gasteiger partial charge in [-0.1, -0.05) is 29.8 Å². The number of nitrogens with one attached hydrogen (secondary N) is 2. The molecule has 2 unspecified atom stereocenters. The van der Waals surface area contributed by atoms with E-state index in [-0.39, 0.29) is 13.2 Å². The average molecular weight is 515 g/mol. The minimum absolute atomic E-state index is 0.198. The van der Waals surface area contributed by atoms with Gasteiger partial charge in [0.25, 0.3) is 0 Å². The maximum absolute atomic E-state index is 13.9. The Bertz CT molecular complexity index is 1460. The average Bonchev–Trinajstić information content (AvgIpc) is 3.35. The molecule has 0 saturated heterocycles. The molecule has 5 rings (SSSR count). The molecule has 0 radical (unpaired) electrons. The van der Waals surface area contributed by atoms with Crippen LogP contribution < -0.4 is 5.32 Å². The van der Waals surface area contributed by atoms with Gasteiger partial charge in [-0.25, -0.2) is 9.59 Å². The van der Waals surface area contributed by atoms with Crippen molar-refractivity contribution in [2.24, 2.45) is 0 Å². The van der Waals surface area contributed by atoms with Gasteiger partial charge in [0.05, 0.1) is 36.0 Å². The van der Waals surface area contributed by atoms with Crippen LogP contribution >= 0.6 is 0 Å². The molecule has 0 fully saturated rings. The van der Waals surface area contributed by atoms with E-state index in [1.54, 1.807) is 6.92 Å². The standard InChI is InChI=1S/C31H34N2O5/c1-6-36-16-24-29(30(34)37-7-2)27(21-9-8-10-22-20(21)11-12-32-22)28-23(33-24)15-25(38-31(28)35)26-18(4)13-17(3)14-19(26)5/h8-14,25,27,32-33H,6-7,15-16H2,1-5H3. The van der Waals surface area contributed by atoms with E-state index in [9.17, 15) is 9.59 Å². The van der Waals surface area contributed by atoms with Gasteiger partial charge in [-0.05, 0) is 69.0 Å². The van der Waals surface area contributed by atoms with Crippen molar-refractivity contribution >= 4 is 22.8 Å². The number of fused-ring (bicyclic) bond motifs is 1. The van der Waals surface area contributed by atoms with Crippen molar-refractivity contribution in [2.75, 3.05) is 19.8 Å². The Hall–Kier alpha value is -3.84. The Morgan fingerprint density at radius 3 is 2.55 bits per heavy atom. The number of rotatable bonds is 7. The topological polar surface area (TPSA) is 89.7 Å². The zero-order chi connectivity index (χ0) is 27.0. The minimum atomic E-state index is -0.658. The van der Waals surface area contributed by atoms with Crippen LogP contribution in [-0.4, -0.2) is 36.7 Å². The zero-order valence-corrected chi connectivity index (χ0v) is 22.6. The molecule has 0 aliphatic carbocycles. The second-order valence-electron chi connectivity index (χ2n) is 9.90. The fourth-order valence-electron chi connectivity index (χ4n) is 5.93. The first-order valence-corrected chi connectivity index (χ1v) is 13.2. The Kier molecular flexibility index (Phi) is 7.13. The van der Waals surface area contributed by atoms with Gasteiger partial charge in [-0.3, -0.25) is 0 Å². The summed E-state index contributed by atoms with van der Waals surface area (Å²) in [5, 5.41) is 4.36. The van der Waals surface area contributed by atoms with Crippen LogP contribution in [0.15, 0.2) is 65.1 Å². The third-order valence-electron chi connectivity index (χ3n) is 7.33. The number of cyclic esters (lactones) is 1. The number of esters is 2. The summed E-state index contributed by atoms with van der Waals surface area (Å²) in [5.74, 6) is -1.56.